The normalized spacial score (nSPS) is 16.4. The van der Waals surface area contributed by atoms with E-state index in [0.29, 0.717) is 11.4 Å². The molecule has 3 aromatic rings. The van der Waals surface area contributed by atoms with Crippen molar-refractivity contribution < 1.29 is 20.1 Å². The lowest BCUT2D eigenvalue weighted by Gasteiger charge is -2.39. The first-order valence-electron chi connectivity index (χ1n) is 14.2. The molecular weight excluding hydrogens is 508 g/mol. The second kappa shape index (κ2) is 14.7. The lowest BCUT2D eigenvalue weighted by Crippen LogP contribution is -2.50. The first-order chi connectivity index (χ1) is 19.4. The van der Waals surface area contributed by atoms with Crippen molar-refractivity contribution in [1.82, 2.24) is 0 Å². The number of benzene rings is 3. The van der Waals surface area contributed by atoms with Crippen molar-refractivity contribution in [3.05, 3.63) is 114 Å². The highest BCUT2D eigenvalue weighted by Gasteiger charge is 2.46. The van der Waals surface area contributed by atoms with E-state index in [4.69, 9.17) is 13.6 Å². The minimum Gasteiger partial charge on any atom is -0.390 e. The average Bonchev–Trinajstić information content (AvgIpc) is 3.34. The fourth-order valence-electron chi connectivity index (χ4n) is 5.77. The minimum absolute atomic E-state index is 0.194. The number of nitrogens with two attached hydrogens (primary N) is 1. The van der Waals surface area contributed by atoms with Gasteiger partial charge in [0.25, 0.3) is 0 Å². The highest BCUT2D eigenvalue weighted by molar-refractivity contribution is 6.57. The fraction of sp³-hybridized carbons (Fsp3) is 0.382. The minimum atomic E-state index is -2.38. The van der Waals surface area contributed by atoms with Crippen molar-refractivity contribution in [3.8, 4) is 0 Å². The molecule has 3 atom stereocenters. The monoisotopic (exact) mass is 552 g/mol. The molecule has 0 saturated carbocycles. The van der Waals surface area contributed by atoms with Gasteiger partial charge in [0.2, 0.25) is 5.91 Å². The van der Waals surface area contributed by atoms with E-state index < -0.39 is 16.7 Å². The van der Waals surface area contributed by atoms with Gasteiger partial charge in [-0.2, -0.15) is 0 Å². The third-order valence-corrected chi connectivity index (χ3v) is 7.90. The van der Waals surface area contributed by atoms with Gasteiger partial charge in [-0.3, -0.25) is 4.79 Å². The molecule has 1 aliphatic heterocycles. The van der Waals surface area contributed by atoms with E-state index in [2.05, 4.69) is 41.2 Å². The number of rotatable bonds is 9. The summed E-state index contributed by atoms with van der Waals surface area (Å²) in [6, 6.07) is 25.2. The number of fused-ring (bicyclic) bond motifs is 1. The Balaban J connectivity index is 0.000000278. The molecule has 1 amide bonds. The third-order valence-electron chi connectivity index (χ3n) is 7.90. The molecule has 3 radical (unpaired) electrons. The number of amides is 1. The quantitative estimate of drug-likeness (QED) is 0.179. The van der Waals surface area contributed by atoms with Gasteiger partial charge in [0.15, 0.2) is 13.1 Å². The largest absolute Gasteiger partial charge is 0.390 e. The van der Waals surface area contributed by atoms with E-state index in [9.17, 15) is 20.1 Å². The van der Waals surface area contributed by atoms with E-state index in [1.807, 2.05) is 66.7 Å². The Kier molecular flexibility index (Phi) is 12.2. The predicted octanol–water partition coefficient (Wildman–Crippen LogP) is 4.48. The molecule has 215 valence electrons. The van der Waals surface area contributed by atoms with Gasteiger partial charge in [0, 0.05) is 0 Å². The van der Waals surface area contributed by atoms with Crippen molar-refractivity contribution in [1.29, 1.82) is 0 Å². The molecule has 5 nitrogen and oxygen atoms in total. The van der Waals surface area contributed by atoms with E-state index in [0.717, 1.165) is 54.8 Å². The molecular formula is C34H44B2NO4. The Hall–Kier alpha value is -3.12. The zero-order valence-electron chi connectivity index (χ0n) is 24.9. The lowest BCUT2D eigenvalue weighted by atomic mass is 9.63. The Morgan fingerprint density at radius 3 is 1.90 bits per heavy atom. The van der Waals surface area contributed by atoms with Crippen molar-refractivity contribution in [2.45, 2.75) is 75.9 Å². The molecule has 1 aliphatic rings. The van der Waals surface area contributed by atoms with Crippen LogP contribution in [0.25, 0.3) is 0 Å². The van der Waals surface area contributed by atoms with Gasteiger partial charge in [0.1, 0.15) is 13.3 Å². The van der Waals surface area contributed by atoms with Crippen LogP contribution in [0, 0.1) is 5.92 Å². The standard InChI is InChI=1S/C20H25NO.C12H15B2O3.C2H4/c1-3-11-16(4-2)20(19(21)22,17-12-7-5-8-13-17)18-14-9-6-10-15-18;1-7-5-8-6-9(3-4-10(8)14-7)12(13,17)11(2,15)16;1-2/h5-10,12-16H,3-4,11H2,1-2H3,(H2,21,22);3-4,6-7,15-17H,5H2,1-2H3;1-2H2. The summed E-state index contributed by atoms with van der Waals surface area (Å²) in [5, 5.41) is 28.9. The van der Waals surface area contributed by atoms with Gasteiger partial charge in [-0.15, -0.1) is 13.2 Å². The van der Waals surface area contributed by atoms with Crippen molar-refractivity contribution in [2.75, 3.05) is 0 Å². The Morgan fingerprint density at radius 1 is 0.976 bits per heavy atom. The molecule has 3 unspecified atom stereocenters. The summed E-state index contributed by atoms with van der Waals surface area (Å²) in [5.41, 5.74) is 7.57. The first kappa shape index (κ1) is 34.1. The summed E-state index contributed by atoms with van der Waals surface area (Å²) >= 11 is 0. The molecule has 0 aromatic heterocycles. The SMILES string of the molecule is C=C.CCCC(CC)C(C(N)=O)(c1ccccc1)c1ccccc1.[B]C(O)(c1ccc2c(c1)CC(C)[B]2)C(C)(O)O. The number of primary amides is 1. The maximum Gasteiger partial charge on any atom is 0.232 e. The van der Waals surface area contributed by atoms with Crippen molar-refractivity contribution in [3.63, 3.8) is 0 Å². The van der Waals surface area contributed by atoms with Gasteiger partial charge in [-0.05, 0) is 42.4 Å². The first-order valence-corrected chi connectivity index (χ1v) is 14.2. The number of carbonyl (C=O) groups is 1. The molecule has 7 heteroatoms. The maximum atomic E-state index is 12.7. The van der Waals surface area contributed by atoms with Gasteiger partial charge < -0.3 is 21.1 Å². The summed E-state index contributed by atoms with van der Waals surface area (Å²) in [6.45, 7) is 13.5. The fourth-order valence-corrected chi connectivity index (χ4v) is 5.77. The van der Waals surface area contributed by atoms with Crippen LogP contribution >= 0.6 is 0 Å². The highest BCUT2D eigenvalue weighted by atomic mass is 16.5. The van der Waals surface area contributed by atoms with Crippen LogP contribution in [-0.4, -0.2) is 42.1 Å². The van der Waals surface area contributed by atoms with Gasteiger partial charge in [-0.1, -0.05) is 129 Å². The Labute approximate surface area is 248 Å². The number of carbonyl (C=O) groups excluding carboxylic acids is 1. The lowest BCUT2D eigenvalue weighted by molar-refractivity contribution is -0.234. The number of hydrogen-bond acceptors (Lipinski definition) is 4. The number of aliphatic hydroxyl groups is 3. The van der Waals surface area contributed by atoms with Crippen LogP contribution in [0.15, 0.2) is 92.0 Å². The van der Waals surface area contributed by atoms with E-state index in [1.165, 1.54) is 0 Å². The molecule has 4 rings (SSSR count). The van der Waals surface area contributed by atoms with E-state index in [1.54, 1.807) is 12.1 Å². The van der Waals surface area contributed by atoms with Gasteiger partial charge in [-0.25, -0.2) is 0 Å². The topological polar surface area (TPSA) is 104 Å². The van der Waals surface area contributed by atoms with Crippen LogP contribution in [0.3, 0.4) is 0 Å². The van der Waals surface area contributed by atoms with Crippen LogP contribution in [0.5, 0.6) is 0 Å². The summed E-state index contributed by atoms with van der Waals surface area (Å²) in [6.07, 6.45) is 3.81. The number of hydrogen-bond donors (Lipinski definition) is 4. The summed E-state index contributed by atoms with van der Waals surface area (Å²) < 4.78 is 0. The van der Waals surface area contributed by atoms with Crippen LogP contribution in [0.1, 0.15) is 69.2 Å². The molecule has 0 fully saturated rings. The van der Waals surface area contributed by atoms with Crippen molar-refractivity contribution in [2.24, 2.45) is 11.7 Å². The zero-order chi connectivity index (χ0) is 30.8. The molecule has 3 aromatic carbocycles. The Morgan fingerprint density at radius 2 is 1.49 bits per heavy atom. The summed E-state index contributed by atoms with van der Waals surface area (Å²) in [7, 11) is 7.73. The molecule has 41 heavy (non-hydrogen) atoms. The second-order valence-electron chi connectivity index (χ2n) is 10.8. The Bertz CT molecular complexity index is 1200. The summed E-state index contributed by atoms with van der Waals surface area (Å²) in [4.78, 5) is 12.7. The predicted molar refractivity (Wildman–Crippen MR) is 170 cm³/mol. The molecule has 0 aliphatic carbocycles. The van der Waals surface area contributed by atoms with Crippen LogP contribution < -0.4 is 11.2 Å². The average molecular weight is 552 g/mol. The van der Waals surface area contributed by atoms with Crippen LogP contribution in [-0.2, 0) is 22.1 Å². The molecule has 0 bridgehead atoms. The van der Waals surface area contributed by atoms with E-state index >= 15 is 0 Å². The van der Waals surface area contributed by atoms with Gasteiger partial charge >= 0.3 is 0 Å². The molecule has 1 heterocycles. The van der Waals surface area contributed by atoms with Crippen LogP contribution in [0.4, 0.5) is 0 Å². The molecule has 5 N–H and O–H groups in total. The molecule has 0 spiro atoms. The van der Waals surface area contributed by atoms with E-state index in [-0.39, 0.29) is 11.8 Å². The zero-order valence-corrected chi connectivity index (χ0v) is 24.9. The smallest absolute Gasteiger partial charge is 0.232 e. The third kappa shape index (κ3) is 7.40. The molecule has 0 saturated heterocycles. The summed E-state index contributed by atoms with van der Waals surface area (Å²) in [5.74, 6) is -1.99. The van der Waals surface area contributed by atoms with Crippen LogP contribution in [0.2, 0.25) is 5.82 Å². The van der Waals surface area contributed by atoms with Gasteiger partial charge in [0.05, 0.1) is 5.50 Å². The van der Waals surface area contributed by atoms with Crippen molar-refractivity contribution >= 4 is 26.5 Å². The second-order valence-corrected chi connectivity index (χ2v) is 10.8. The maximum absolute atomic E-state index is 12.7. The highest BCUT2D eigenvalue weighted by Crippen LogP contribution is 2.43.